The van der Waals surface area contributed by atoms with Crippen LogP contribution in [-0.2, 0) is 6.61 Å². The quantitative estimate of drug-likeness (QED) is 0.913. The number of benzene rings is 2. The Kier molecular flexibility index (Phi) is 4.65. The molecule has 0 aliphatic heterocycles. The lowest BCUT2D eigenvalue weighted by Crippen LogP contribution is -2.02. The van der Waals surface area contributed by atoms with E-state index < -0.39 is 11.8 Å². The number of hydrogen-bond donors (Lipinski definition) is 1. The topological polar surface area (TPSA) is 55.8 Å². The highest BCUT2D eigenvalue weighted by atomic mass is 35.5. The summed E-state index contributed by atoms with van der Waals surface area (Å²) < 4.78 is 23.6. The predicted octanol–water partition coefficient (Wildman–Crippen LogP) is 3.76. The van der Waals surface area contributed by atoms with Crippen molar-refractivity contribution in [1.29, 1.82) is 0 Å². The van der Waals surface area contributed by atoms with Crippen LogP contribution in [0.3, 0.4) is 0 Å². The molecule has 2 aromatic carbocycles. The second-order valence-electron chi connectivity index (χ2n) is 4.20. The van der Waals surface area contributed by atoms with E-state index in [1.54, 1.807) is 0 Å². The van der Waals surface area contributed by atoms with Gasteiger partial charge in [-0.25, -0.2) is 9.18 Å². The molecule has 0 heterocycles. The molecule has 6 heteroatoms. The van der Waals surface area contributed by atoms with Crippen LogP contribution in [0.1, 0.15) is 15.9 Å². The summed E-state index contributed by atoms with van der Waals surface area (Å²) in [5.41, 5.74) is 0.664. The maximum absolute atomic E-state index is 13.0. The highest BCUT2D eigenvalue weighted by Gasteiger charge is 2.11. The molecule has 0 bridgehead atoms. The van der Waals surface area contributed by atoms with Crippen LogP contribution >= 0.6 is 11.6 Å². The zero-order valence-corrected chi connectivity index (χ0v) is 11.9. The Morgan fingerprint density at radius 2 is 2.00 bits per heavy atom. The van der Waals surface area contributed by atoms with Gasteiger partial charge in [0.1, 0.15) is 12.4 Å². The van der Waals surface area contributed by atoms with E-state index in [1.165, 1.54) is 43.5 Å². The van der Waals surface area contributed by atoms with Gasteiger partial charge in [0, 0.05) is 5.56 Å². The molecule has 0 spiro atoms. The van der Waals surface area contributed by atoms with Crippen molar-refractivity contribution < 1.29 is 23.8 Å². The van der Waals surface area contributed by atoms with Gasteiger partial charge >= 0.3 is 5.97 Å². The van der Waals surface area contributed by atoms with E-state index in [0.29, 0.717) is 11.3 Å². The van der Waals surface area contributed by atoms with Gasteiger partial charge in [-0.1, -0.05) is 17.7 Å². The van der Waals surface area contributed by atoms with Gasteiger partial charge in [-0.15, -0.1) is 0 Å². The Balaban J connectivity index is 2.22. The lowest BCUT2D eigenvalue weighted by molar-refractivity contribution is 0.0696. The van der Waals surface area contributed by atoms with Crippen molar-refractivity contribution in [3.63, 3.8) is 0 Å². The first-order chi connectivity index (χ1) is 10.0. The number of carbonyl (C=O) groups is 1. The fraction of sp³-hybridized carbons (Fsp3) is 0.133. The predicted molar refractivity (Wildman–Crippen MR) is 75.7 cm³/mol. The normalized spacial score (nSPS) is 10.2. The number of hydrogen-bond acceptors (Lipinski definition) is 3. The molecule has 4 nitrogen and oxygen atoms in total. The van der Waals surface area contributed by atoms with Gasteiger partial charge in [-0.2, -0.15) is 0 Å². The summed E-state index contributed by atoms with van der Waals surface area (Å²) in [5.74, 6) is -0.826. The molecule has 2 aromatic rings. The summed E-state index contributed by atoms with van der Waals surface area (Å²) in [6.45, 7) is 0.0680. The molecule has 21 heavy (non-hydrogen) atoms. The highest BCUT2D eigenvalue weighted by Crippen LogP contribution is 2.29. The maximum Gasteiger partial charge on any atom is 0.335 e. The van der Waals surface area contributed by atoms with Crippen LogP contribution in [0.4, 0.5) is 4.39 Å². The van der Waals surface area contributed by atoms with E-state index in [9.17, 15) is 9.18 Å². The molecule has 0 aromatic heterocycles. The average Bonchev–Trinajstić information content (AvgIpc) is 2.46. The van der Waals surface area contributed by atoms with Gasteiger partial charge in [-0.05, 0) is 30.3 Å². The van der Waals surface area contributed by atoms with Gasteiger partial charge in [0.15, 0.2) is 11.5 Å². The van der Waals surface area contributed by atoms with Crippen LogP contribution in [0.2, 0.25) is 5.02 Å². The van der Waals surface area contributed by atoms with Crippen LogP contribution in [-0.4, -0.2) is 18.2 Å². The monoisotopic (exact) mass is 310 g/mol. The Morgan fingerprint density at radius 1 is 1.24 bits per heavy atom. The summed E-state index contributed by atoms with van der Waals surface area (Å²) in [4.78, 5) is 11.0. The molecule has 0 fully saturated rings. The largest absolute Gasteiger partial charge is 0.493 e. The smallest absolute Gasteiger partial charge is 0.335 e. The molecular formula is C15H12ClFO4. The van der Waals surface area contributed by atoms with E-state index >= 15 is 0 Å². The molecule has 0 atom stereocenters. The number of halogens is 2. The lowest BCUT2D eigenvalue weighted by Gasteiger charge is -2.12. The third-order valence-corrected chi connectivity index (χ3v) is 3.16. The summed E-state index contributed by atoms with van der Waals surface area (Å²) >= 11 is 5.91. The molecule has 0 saturated carbocycles. The zero-order chi connectivity index (χ0) is 15.4. The minimum absolute atomic E-state index is 0.0680. The minimum Gasteiger partial charge on any atom is -0.493 e. The first kappa shape index (κ1) is 15.1. The summed E-state index contributed by atoms with van der Waals surface area (Å²) in [7, 11) is 1.45. The van der Waals surface area contributed by atoms with Crippen molar-refractivity contribution in [2.75, 3.05) is 7.11 Å². The van der Waals surface area contributed by atoms with Gasteiger partial charge in [-0.3, -0.25) is 0 Å². The average molecular weight is 311 g/mol. The first-order valence-corrected chi connectivity index (χ1v) is 6.37. The van der Waals surface area contributed by atoms with Gasteiger partial charge in [0.25, 0.3) is 0 Å². The molecule has 110 valence electrons. The standard InChI is InChI=1S/C15H12ClFO4/c1-20-13-5-3-9(15(18)19)6-14(13)21-8-10-2-4-11(17)7-12(10)16/h2-7H,8H2,1H3,(H,18,19). The van der Waals surface area contributed by atoms with Gasteiger partial charge in [0.2, 0.25) is 0 Å². The third kappa shape index (κ3) is 3.64. The molecule has 1 N–H and O–H groups in total. The van der Waals surface area contributed by atoms with E-state index in [4.69, 9.17) is 26.2 Å². The van der Waals surface area contributed by atoms with Crippen molar-refractivity contribution in [2.24, 2.45) is 0 Å². The lowest BCUT2D eigenvalue weighted by atomic mass is 10.2. The van der Waals surface area contributed by atoms with Crippen molar-refractivity contribution in [1.82, 2.24) is 0 Å². The van der Waals surface area contributed by atoms with E-state index in [-0.39, 0.29) is 22.9 Å². The van der Waals surface area contributed by atoms with Gasteiger partial charge in [0.05, 0.1) is 17.7 Å². The van der Waals surface area contributed by atoms with Gasteiger partial charge < -0.3 is 14.6 Å². The van der Waals surface area contributed by atoms with E-state index in [0.717, 1.165) is 0 Å². The van der Waals surface area contributed by atoms with Crippen LogP contribution in [0.5, 0.6) is 11.5 Å². The van der Waals surface area contributed by atoms with Crippen molar-refractivity contribution in [2.45, 2.75) is 6.61 Å². The summed E-state index contributed by atoms with van der Waals surface area (Å²) in [5, 5.41) is 9.21. The molecule has 0 saturated heterocycles. The Morgan fingerprint density at radius 3 is 2.62 bits per heavy atom. The fourth-order valence-electron chi connectivity index (χ4n) is 1.72. The minimum atomic E-state index is -1.07. The Hall–Kier alpha value is -2.27. The van der Waals surface area contributed by atoms with Crippen molar-refractivity contribution in [3.8, 4) is 11.5 Å². The van der Waals surface area contributed by atoms with E-state index in [2.05, 4.69) is 0 Å². The third-order valence-electron chi connectivity index (χ3n) is 2.81. The van der Waals surface area contributed by atoms with Crippen LogP contribution in [0.25, 0.3) is 0 Å². The Bertz CT molecular complexity index is 673. The van der Waals surface area contributed by atoms with Crippen molar-refractivity contribution in [3.05, 3.63) is 58.4 Å². The summed E-state index contributed by atoms with van der Waals surface area (Å²) in [6.07, 6.45) is 0. The number of ether oxygens (including phenoxy) is 2. The van der Waals surface area contributed by atoms with Crippen LogP contribution in [0.15, 0.2) is 36.4 Å². The number of aromatic carboxylic acids is 1. The number of carboxylic acid groups (broad SMARTS) is 1. The molecule has 2 rings (SSSR count). The maximum atomic E-state index is 13.0. The molecular weight excluding hydrogens is 299 g/mol. The van der Waals surface area contributed by atoms with Crippen LogP contribution in [0, 0.1) is 5.82 Å². The fourth-order valence-corrected chi connectivity index (χ4v) is 1.94. The molecule has 0 amide bonds. The second kappa shape index (κ2) is 6.45. The number of methoxy groups -OCH3 is 1. The SMILES string of the molecule is COc1ccc(C(=O)O)cc1OCc1ccc(F)cc1Cl. The van der Waals surface area contributed by atoms with Crippen molar-refractivity contribution >= 4 is 17.6 Å². The molecule has 0 aliphatic carbocycles. The van der Waals surface area contributed by atoms with Crippen LogP contribution < -0.4 is 9.47 Å². The second-order valence-corrected chi connectivity index (χ2v) is 4.60. The van der Waals surface area contributed by atoms with E-state index in [1.807, 2.05) is 0 Å². The zero-order valence-electron chi connectivity index (χ0n) is 11.1. The number of carboxylic acids is 1. The highest BCUT2D eigenvalue weighted by molar-refractivity contribution is 6.31. The first-order valence-electron chi connectivity index (χ1n) is 5.99. The molecule has 0 radical (unpaired) electrons. The Labute approximate surface area is 125 Å². The molecule has 0 unspecified atom stereocenters. The number of rotatable bonds is 5. The molecule has 0 aliphatic rings. The summed E-state index contributed by atoms with van der Waals surface area (Å²) in [6, 6.07) is 8.24.